The molecule has 0 radical (unpaired) electrons. The molecule has 2 unspecified atom stereocenters. The molecule has 2 amide bonds. The van der Waals surface area contributed by atoms with Gasteiger partial charge in [0, 0.05) is 11.6 Å². The highest BCUT2D eigenvalue weighted by molar-refractivity contribution is 6.35. The molecule has 5 nitrogen and oxygen atoms in total. The molecule has 0 spiro atoms. The smallest absolute Gasteiger partial charge is 0.247 e. The second-order valence-electron chi connectivity index (χ2n) is 6.80. The van der Waals surface area contributed by atoms with Gasteiger partial charge in [-0.05, 0) is 63.9 Å². The molecule has 3 rings (SSSR count). The monoisotopic (exact) mass is 383 g/mol. The van der Waals surface area contributed by atoms with Crippen LogP contribution in [-0.4, -0.2) is 53.8 Å². The molecule has 2 fully saturated rings. The molecule has 2 aliphatic rings. The number of halogens is 2. The average molecular weight is 384 g/mol. The fraction of sp³-hybridized carbons (Fsp3) is 0.556. The summed E-state index contributed by atoms with van der Waals surface area (Å²) in [5.74, 6) is -0.130. The molecule has 7 heteroatoms. The van der Waals surface area contributed by atoms with Gasteiger partial charge in [-0.1, -0.05) is 23.2 Å². The summed E-state index contributed by atoms with van der Waals surface area (Å²) in [5, 5.41) is 3.78. The third kappa shape index (κ3) is 4.10. The van der Waals surface area contributed by atoms with E-state index in [-0.39, 0.29) is 17.9 Å². The SMILES string of the molecule is CN1CCCC1C(=O)N1CCCCC1C(=O)Nc1cc(Cl)ccc1Cl. The minimum absolute atomic E-state index is 0.0667. The van der Waals surface area contributed by atoms with Crippen LogP contribution in [0.2, 0.25) is 10.0 Å². The van der Waals surface area contributed by atoms with Crippen LogP contribution in [0.5, 0.6) is 0 Å². The second-order valence-corrected chi connectivity index (χ2v) is 7.64. The maximum absolute atomic E-state index is 13.0. The molecule has 25 heavy (non-hydrogen) atoms. The Hall–Kier alpha value is -1.30. The van der Waals surface area contributed by atoms with Gasteiger partial charge < -0.3 is 10.2 Å². The molecule has 1 N–H and O–H groups in total. The number of piperidine rings is 1. The highest BCUT2D eigenvalue weighted by Gasteiger charge is 2.38. The highest BCUT2D eigenvalue weighted by atomic mass is 35.5. The van der Waals surface area contributed by atoms with Gasteiger partial charge in [0.05, 0.1) is 16.8 Å². The summed E-state index contributed by atoms with van der Waals surface area (Å²) in [6, 6.07) is 4.39. The van der Waals surface area contributed by atoms with E-state index in [0.717, 1.165) is 32.2 Å². The van der Waals surface area contributed by atoms with Crippen molar-refractivity contribution in [3.8, 4) is 0 Å². The Balaban J connectivity index is 1.74. The average Bonchev–Trinajstić information content (AvgIpc) is 3.03. The van der Waals surface area contributed by atoms with Crippen molar-refractivity contribution in [1.29, 1.82) is 0 Å². The van der Waals surface area contributed by atoms with Crippen LogP contribution in [0.4, 0.5) is 5.69 Å². The molecule has 2 saturated heterocycles. The first-order valence-electron chi connectivity index (χ1n) is 8.74. The predicted molar refractivity (Wildman–Crippen MR) is 100 cm³/mol. The number of rotatable bonds is 3. The largest absolute Gasteiger partial charge is 0.329 e. The lowest BCUT2D eigenvalue weighted by atomic mass is 9.99. The lowest BCUT2D eigenvalue weighted by Crippen LogP contribution is -2.54. The minimum Gasteiger partial charge on any atom is -0.329 e. The Kier molecular flexibility index (Phi) is 5.87. The zero-order valence-electron chi connectivity index (χ0n) is 14.3. The molecule has 1 aromatic rings. The van der Waals surface area contributed by atoms with Crippen LogP contribution >= 0.6 is 23.2 Å². The standard InChI is InChI=1S/C18H23Cl2N3O2/c1-22-9-4-6-16(22)18(25)23-10-3-2-5-15(23)17(24)21-14-11-12(19)7-8-13(14)20/h7-8,11,15-16H,2-6,9-10H2,1H3,(H,21,24). The summed E-state index contributed by atoms with van der Waals surface area (Å²) >= 11 is 12.1. The first-order valence-corrected chi connectivity index (χ1v) is 9.49. The summed E-state index contributed by atoms with van der Waals surface area (Å²) in [7, 11) is 1.97. The van der Waals surface area contributed by atoms with E-state index in [9.17, 15) is 9.59 Å². The lowest BCUT2D eigenvalue weighted by molar-refractivity contribution is -0.143. The van der Waals surface area contributed by atoms with E-state index < -0.39 is 6.04 Å². The molecule has 0 bridgehead atoms. The van der Waals surface area contributed by atoms with Crippen LogP contribution in [0, 0.1) is 0 Å². The van der Waals surface area contributed by atoms with E-state index in [1.165, 1.54) is 0 Å². The van der Waals surface area contributed by atoms with Crippen LogP contribution in [0.15, 0.2) is 18.2 Å². The van der Waals surface area contributed by atoms with Gasteiger partial charge in [0.2, 0.25) is 11.8 Å². The molecule has 0 aliphatic carbocycles. The normalized spacial score (nSPS) is 24.4. The first kappa shape index (κ1) is 18.5. The quantitative estimate of drug-likeness (QED) is 0.869. The van der Waals surface area contributed by atoms with Gasteiger partial charge in [0.1, 0.15) is 6.04 Å². The highest BCUT2D eigenvalue weighted by Crippen LogP contribution is 2.28. The van der Waals surface area contributed by atoms with E-state index in [1.807, 2.05) is 7.05 Å². The van der Waals surface area contributed by atoms with Crippen molar-refractivity contribution in [2.24, 2.45) is 0 Å². The number of benzene rings is 1. The van der Waals surface area contributed by atoms with Crippen molar-refractivity contribution in [2.45, 2.75) is 44.2 Å². The Morgan fingerprint density at radius 1 is 1.08 bits per heavy atom. The van der Waals surface area contributed by atoms with Gasteiger partial charge in [0.15, 0.2) is 0 Å². The molecular formula is C18H23Cl2N3O2. The summed E-state index contributed by atoms with van der Waals surface area (Å²) in [6.45, 7) is 1.56. The number of amides is 2. The molecule has 2 atom stereocenters. The van der Waals surface area contributed by atoms with Gasteiger partial charge in [-0.2, -0.15) is 0 Å². The van der Waals surface area contributed by atoms with Crippen LogP contribution < -0.4 is 5.32 Å². The van der Waals surface area contributed by atoms with Crippen LogP contribution in [-0.2, 0) is 9.59 Å². The molecule has 0 aromatic heterocycles. The van der Waals surface area contributed by atoms with E-state index in [4.69, 9.17) is 23.2 Å². The van der Waals surface area contributed by atoms with Crippen molar-refractivity contribution >= 4 is 40.7 Å². The summed E-state index contributed by atoms with van der Waals surface area (Å²) < 4.78 is 0. The minimum atomic E-state index is -0.453. The maximum Gasteiger partial charge on any atom is 0.247 e. The zero-order valence-corrected chi connectivity index (χ0v) is 15.8. The van der Waals surface area contributed by atoms with E-state index in [1.54, 1.807) is 23.1 Å². The van der Waals surface area contributed by atoms with Gasteiger partial charge in [-0.3, -0.25) is 14.5 Å². The maximum atomic E-state index is 13.0. The molecule has 136 valence electrons. The Morgan fingerprint density at radius 3 is 2.56 bits per heavy atom. The molecule has 2 heterocycles. The van der Waals surface area contributed by atoms with E-state index in [2.05, 4.69) is 10.2 Å². The predicted octanol–water partition coefficient (Wildman–Crippen LogP) is 3.41. The number of nitrogens with zero attached hydrogens (tertiary/aromatic N) is 2. The first-order chi connectivity index (χ1) is 12.0. The molecule has 2 aliphatic heterocycles. The Labute approximate surface area is 158 Å². The van der Waals surface area contributed by atoms with Crippen LogP contribution in [0.3, 0.4) is 0 Å². The van der Waals surface area contributed by atoms with Crippen LogP contribution in [0.25, 0.3) is 0 Å². The van der Waals surface area contributed by atoms with Crippen molar-refractivity contribution in [2.75, 3.05) is 25.5 Å². The summed E-state index contributed by atoms with van der Waals surface area (Å²) in [4.78, 5) is 29.6. The van der Waals surface area contributed by atoms with Crippen molar-refractivity contribution in [3.05, 3.63) is 28.2 Å². The number of anilines is 1. The molecule has 1 aromatic carbocycles. The summed E-state index contributed by atoms with van der Waals surface area (Å²) in [5.41, 5.74) is 0.482. The van der Waals surface area contributed by atoms with Gasteiger partial charge in [-0.15, -0.1) is 0 Å². The Morgan fingerprint density at radius 2 is 1.84 bits per heavy atom. The van der Waals surface area contributed by atoms with Gasteiger partial charge in [-0.25, -0.2) is 0 Å². The number of hydrogen-bond donors (Lipinski definition) is 1. The third-order valence-corrected chi connectivity index (χ3v) is 5.64. The number of carbonyl (C=O) groups is 2. The molecule has 0 saturated carbocycles. The van der Waals surface area contributed by atoms with E-state index in [0.29, 0.717) is 28.7 Å². The third-order valence-electron chi connectivity index (χ3n) is 5.08. The lowest BCUT2D eigenvalue weighted by Gasteiger charge is -2.37. The second kappa shape index (κ2) is 7.94. The van der Waals surface area contributed by atoms with Gasteiger partial charge in [0.25, 0.3) is 0 Å². The number of likely N-dealkylation sites (tertiary alicyclic amines) is 2. The Bertz CT molecular complexity index is 668. The number of nitrogens with one attached hydrogen (secondary N) is 1. The van der Waals surface area contributed by atoms with Crippen molar-refractivity contribution < 1.29 is 9.59 Å². The van der Waals surface area contributed by atoms with E-state index >= 15 is 0 Å². The number of carbonyl (C=O) groups excluding carboxylic acids is 2. The fourth-order valence-electron chi connectivity index (χ4n) is 3.69. The van der Waals surface area contributed by atoms with Crippen LogP contribution in [0.1, 0.15) is 32.1 Å². The zero-order chi connectivity index (χ0) is 18.0. The van der Waals surface area contributed by atoms with Crippen molar-refractivity contribution in [3.63, 3.8) is 0 Å². The fourth-order valence-corrected chi connectivity index (χ4v) is 4.03. The topological polar surface area (TPSA) is 52.7 Å². The number of hydrogen-bond acceptors (Lipinski definition) is 3. The van der Waals surface area contributed by atoms with Gasteiger partial charge >= 0.3 is 0 Å². The van der Waals surface area contributed by atoms with Crippen molar-refractivity contribution in [1.82, 2.24) is 9.80 Å². The number of likely N-dealkylation sites (N-methyl/N-ethyl adjacent to an activating group) is 1. The molecular weight excluding hydrogens is 361 g/mol. The summed E-state index contributed by atoms with van der Waals surface area (Å²) in [6.07, 6.45) is 4.43.